The van der Waals surface area contributed by atoms with E-state index in [1.807, 2.05) is 72.8 Å². The van der Waals surface area contributed by atoms with Crippen molar-refractivity contribution in [2.24, 2.45) is 16.9 Å². The second-order valence-corrected chi connectivity index (χ2v) is 10.4. The molecule has 2 amide bonds. The fourth-order valence-electron chi connectivity index (χ4n) is 6.30. The van der Waals surface area contributed by atoms with Gasteiger partial charge in [-0.1, -0.05) is 72.3 Å². The lowest BCUT2D eigenvalue weighted by molar-refractivity contribution is -0.139. The third-order valence-electron chi connectivity index (χ3n) is 7.95. The third kappa shape index (κ3) is 3.57. The molecule has 0 unspecified atom stereocenters. The summed E-state index contributed by atoms with van der Waals surface area (Å²) >= 11 is 5.94. The molecule has 0 spiro atoms. The smallest absolute Gasteiger partial charge is 0.254 e. The maximum Gasteiger partial charge on any atom is 0.254 e. The van der Waals surface area contributed by atoms with Crippen LogP contribution in [-0.4, -0.2) is 23.0 Å². The molecule has 4 aliphatic rings. The molecule has 2 atom stereocenters. The highest BCUT2D eigenvalue weighted by atomic mass is 35.5. The van der Waals surface area contributed by atoms with Crippen molar-refractivity contribution < 1.29 is 14.3 Å². The first-order chi connectivity index (χ1) is 18.6. The molecule has 0 saturated carbocycles. The maximum absolute atomic E-state index is 13.6. The average molecular weight is 519 g/mol. The Morgan fingerprint density at radius 3 is 1.71 bits per heavy atom. The first-order valence-corrected chi connectivity index (χ1v) is 13.0. The van der Waals surface area contributed by atoms with Crippen molar-refractivity contribution in [1.82, 2.24) is 5.01 Å². The summed E-state index contributed by atoms with van der Waals surface area (Å²) < 4.78 is 5.85. The van der Waals surface area contributed by atoms with E-state index in [2.05, 4.69) is 29.4 Å². The van der Waals surface area contributed by atoms with Gasteiger partial charge >= 0.3 is 0 Å². The Morgan fingerprint density at radius 1 is 0.711 bits per heavy atom. The van der Waals surface area contributed by atoms with Crippen LogP contribution in [-0.2, 0) is 16.2 Å². The summed E-state index contributed by atoms with van der Waals surface area (Å²) in [6, 6.07) is 31.3. The van der Waals surface area contributed by atoms with Crippen LogP contribution in [0.5, 0.6) is 5.75 Å². The molecule has 2 bridgehead atoms. The van der Waals surface area contributed by atoms with E-state index in [1.54, 1.807) is 6.21 Å². The van der Waals surface area contributed by atoms with E-state index in [-0.39, 0.29) is 23.7 Å². The Bertz CT molecular complexity index is 1480. The molecular formula is C32H23ClN2O3. The van der Waals surface area contributed by atoms with Crippen LogP contribution in [0.15, 0.2) is 102 Å². The molecular weight excluding hydrogens is 496 g/mol. The van der Waals surface area contributed by atoms with Gasteiger partial charge in [0.1, 0.15) is 12.4 Å². The van der Waals surface area contributed by atoms with Gasteiger partial charge in [0.05, 0.1) is 18.1 Å². The predicted molar refractivity (Wildman–Crippen MR) is 145 cm³/mol. The van der Waals surface area contributed by atoms with Gasteiger partial charge in [-0.3, -0.25) is 9.59 Å². The quantitative estimate of drug-likeness (QED) is 0.235. The number of hydrazone groups is 1. The Labute approximate surface area is 225 Å². The zero-order valence-electron chi connectivity index (χ0n) is 20.3. The molecule has 4 aromatic carbocycles. The van der Waals surface area contributed by atoms with Crippen LogP contribution < -0.4 is 4.74 Å². The van der Waals surface area contributed by atoms with E-state index in [4.69, 9.17) is 16.3 Å². The molecule has 1 aliphatic heterocycles. The van der Waals surface area contributed by atoms with Crippen molar-refractivity contribution >= 4 is 29.6 Å². The summed E-state index contributed by atoms with van der Waals surface area (Å²) in [5.41, 5.74) is 6.40. The van der Waals surface area contributed by atoms with Gasteiger partial charge in [0, 0.05) is 16.9 Å². The minimum Gasteiger partial charge on any atom is -0.489 e. The molecule has 38 heavy (non-hydrogen) atoms. The number of halogens is 1. The number of imide groups is 1. The van der Waals surface area contributed by atoms with Gasteiger partial charge in [0.15, 0.2) is 0 Å². The van der Waals surface area contributed by atoms with Gasteiger partial charge in [0.2, 0.25) is 0 Å². The van der Waals surface area contributed by atoms with Gasteiger partial charge in [0.25, 0.3) is 11.8 Å². The SMILES string of the molecule is O=C1[C@H]2C3c4ccccc4C(c4ccccc43)[C@@H]2C(=O)N1/N=C\c1ccc(OCc2ccc(Cl)cc2)cc1. The van der Waals surface area contributed by atoms with E-state index in [1.165, 1.54) is 0 Å². The van der Waals surface area contributed by atoms with Crippen molar-refractivity contribution in [3.8, 4) is 5.75 Å². The molecule has 0 aromatic heterocycles. The Hall–Kier alpha value is -4.22. The van der Waals surface area contributed by atoms with Crippen LogP contribution >= 0.6 is 11.6 Å². The Balaban J connectivity index is 1.12. The number of hydrogen-bond donors (Lipinski definition) is 0. The average Bonchev–Trinajstić information content (AvgIpc) is 3.21. The van der Waals surface area contributed by atoms with Crippen molar-refractivity contribution in [3.63, 3.8) is 0 Å². The topological polar surface area (TPSA) is 59.0 Å². The lowest BCUT2D eigenvalue weighted by Crippen LogP contribution is -2.41. The lowest BCUT2D eigenvalue weighted by Gasteiger charge is -2.45. The molecule has 1 saturated heterocycles. The van der Waals surface area contributed by atoms with Crippen molar-refractivity contribution in [3.05, 3.63) is 135 Å². The Morgan fingerprint density at radius 2 is 1.21 bits per heavy atom. The van der Waals surface area contributed by atoms with E-state index in [0.717, 1.165) is 38.4 Å². The summed E-state index contributed by atoms with van der Waals surface area (Å²) in [4.78, 5) is 27.3. The van der Waals surface area contributed by atoms with Crippen molar-refractivity contribution in [1.29, 1.82) is 0 Å². The van der Waals surface area contributed by atoms with E-state index < -0.39 is 11.8 Å². The molecule has 5 nitrogen and oxygen atoms in total. The summed E-state index contributed by atoms with van der Waals surface area (Å²) in [5, 5.41) is 6.17. The normalized spacial score (nSPS) is 22.9. The summed E-state index contributed by atoms with van der Waals surface area (Å²) in [6.45, 7) is 0.428. The van der Waals surface area contributed by atoms with E-state index in [0.29, 0.717) is 17.4 Å². The van der Waals surface area contributed by atoms with Crippen LogP contribution in [0.1, 0.15) is 45.2 Å². The summed E-state index contributed by atoms with van der Waals surface area (Å²) in [5.74, 6) is -0.867. The van der Waals surface area contributed by atoms with Gasteiger partial charge in [-0.25, -0.2) is 0 Å². The van der Waals surface area contributed by atoms with Crippen molar-refractivity contribution in [2.45, 2.75) is 18.4 Å². The number of carbonyl (C=O) groups is 2. The first-order valence-electron chi connectivity index (χ1n) is 12.7. The molecule has 3 aliphatic carbocycles. The zero-order chi connectivity index (χ0) is 25.8. The van der Waals surface area contributed by atoms with Crippen LogP contribution in [0, 0.1) is 11.8 Å². The van der Waals surface area contributed by atoms with Gasteiger partial charge in [-0.05, 0) is 69.8 Å². The number of amides is 2. The van der Waals surface area contributed by atoms with E-state index >= 15 is 0 Å². The predicted octanol–water partition coefficient (Wildman–Crippen LogP) is 6.15. The fraction of sp³-hybridized carbons (Fsp3) is 0.156. The number of benzene rings is 4. The number of ether oxygens (including phenoxy) is 1. The largest absolute Gasteiger partial charge is 0.489 e. The molecule has 0 radical (unpaired) electrons. The summed E-state index contributed by atoms with van der Waals surface area (Å²) in [7, 11) is 0. The highest BCUT2D eigenvalue weighted by Gasteiger charge is 2.61. The highest BCUT2D eigenvalue weighted by molar-refractivity contribution is 6.30. The Kier molecular flexibility index (Phi) is 5.41. The molecule has 4 aromatic rings. The van der Waals surface area contributed by atoms with Crippen LogP contribution in [0.3, 0.4) is 0 Å². The minimum absolute atomic E-state index is 0.133. The molecule has 186 valence electrons. The van der Waals surface area contributed by atoms with Gasteiger partial charge < -0.3 is 4.74 Å². The number of hydrogen-bond acceptors (Lipinski definition) is 4. The van der Waals surface area contributed by atoms with Crippen molar-refractivity contribution in [2.75, 3.05) is 0 Å². The number of nitrogens with zero attached hydrogens (tertiary/aromatic N) is 2. The molecule has 1 fully saturated rings. The maximum atomic E-state index is 13.6. The number of rotatable bonds is 5. The second kappa shape index (κ2) is 8.96. The standard InChI is InChI=1S/C32H23ClN2O3/c33-21-13-9-20(10-14-21)18-38-22-15-11-19(12-16-22)17-34-35-31(36)29-27-23-5-1-2-6-24(23)28(30(29)32(35)37)26-8-4-3-7-25(26)27/h1-17,27-30H,18H2/b34-17-/t27?,28?,29-,30-/m0/s1. The highest BCUT2D eigenvalue weighted by Crippen LogP contribution is 2.60. The lowest BCUT2D eigenvalue weighted by atomic mass is 9.55. The fourth-order valence-corrected chi connectivity index (χ4v) is 6.42. The number of carbonyl (C=O) groups excluding carboxylic acids is 2. The van der Waals surface area contributed by atoms with Gasteiger partial charge in [-0.2, -0.15) is 10.1 Å². The van der Waals surface area contributed by atoms with Crippen LogP contribution in [0.25, 0.3) is 0 Å². The molecule has 6 heteroatoms. The zero-order valence-corrected chi connectivity index (χ0v) is 21.1. The first kappa shape index (κ1) is 22.9. The molecule has 8 rings (SSSR count). The minimum atomic E-state index is -0.432. The van der Waals surface area contributed by atoms with Gasteiger partial charge in [-0.15, -0.1) is 0 Å². The monoisotopic (exact) mass is 518 g/mol. The molecule has 1 heterocycles. The molecule has 0 N–H and O–H groups in total. The second-order valence-electron chi connectivity index (χ2n) is 9.98. The third-order valence-corrected chi connectivity index (χ3v) is 8.20. The van der Waals surface area contributed by atoms with Crippen LogP contribution in [0.4, 0.5) is 0 Å². The summed E-state index contributed by atoms with van der Waals surface area (Å²) in [6.07, 6.45) is 1.57. The van der Waals surface area contributed by atoms with Crippen LogP contribution in [0.2, 0.25) is 5.02 Å². The van der Waals surface area contributed by atoms with E-state index in [9.17, 15) is 9.59 Å².